The lowest BCUT2D eigenvalue weighted by Crippen LogP contribution is -2.38. The molecular formula is C28H34IN5O4. The number of aromatic amines is 1. The molecule has 0 unspecified atom stereocenters. The van der Waals surface area contributed by atoms with E-state index in [1.807, 2.05) is 42.5 Å². The number of H-pyrrole nitrogens is 1. The van der Waals surface area contributed by atoms with Gasteiger partial charge in [-0.05, 0) is 58.3 Å². The van der Waals surface area contributed by atoms with Gasteiger partial charge in [0.15, 0.2) is 6.61 Å². The van der Waals surface area contributed by atoms with Crippen molar-refractivity contribution in [2.24, 2.45) is 0 Å². The molecular weight excluding hydrogens is 597 g/mol. The maximum atomic E-state index is 12.7. The van der Waals surface area contributed by atoms with Gasteiger partial charge in [0.2, 0.25) is 11.8 Å². The number of carbonyl (C=O) groups excluding carboxylic acids is 3. The van der Waals surface area contributed by atoms with Crippen molar-refractivity contribution >= 4 is 40.3 Å². The predicted octanol–water partition coefficient (Wildman–Crippen LogP) is 2.84. The number of imidazole rings is 1. The molecule has 0 atom stereocenters. The second kappa shape index (κ2) is 15.1. The molecule has 3 amide bonds. The van der Waals surface area contributed by atoms with E-state index in [9.17, 15) is 14.4 Å². The fourth-order valence-electron chi connectivity index (χ4n) is 3.70. The number of aromatic nitrogens is 2. The van der Waals surface area contributed by atoms with Crippen molar-refractivity contribution in [3.8, 4) is 5.75 Å². The molecule has 3 aromatic rings. The summed E-state index contributed by atoms with van der Waals surface area (Å²) in [6.45, 7) is 1.29. The SMILES string of the molecule is CN(CCN(C)C(=O)Cc1ccc(I)cc1)C(=O)CCc1ccccc1OCC(=O)NCCc1cnc[nH]1. The van der Waals surface area contributed by atoms with Crippen LogP contribution in [0.25, 0.3) is 0 Å². The highest BCUT2D eigenvalue weighted by molar-refractivity contribution is 14.1. The van der Waals surface area contributed by atoms with Crippen LogP contribution in [0.15, 0.2) is 61.1 Å². The van der Waals surface area contributed by atoms with Crippen LogP contribution in [0.5, 0.6) is 5.75 Å². The Hall–Kier alpha value is -3.41. The van der Waals surface area contributed by atoms with Gasteiger partial charge in [0.25, 0.3) is 5.91 Å². The van der Waals surface area contributed by atoms with Crippen LogP contribution in [0.1, 0.15) is 23.2 Å². The van der Waals surface area contributed by atoms with E-state index < -0.39 is 0 Å². The second-order valence-corrected chi connectivity index (χ2v) is 10.3. The molecule has 0 bridgehead atoms. The normalized spacial score (nSPS) is 10.6. The number of halogens is 1. The zero-order valence-electron chi connectivity index (χ0n) is 21.8. The van der Waals surface area contributed by atoms with Crippen LogP contribution < -0.4 is 10.1 Å². The van der Waals surface area contributed by atoms with Crippen molar-refractivity contribution in [1.29, 1.82) is 0 Å². The molecule has 0 fully saturated rings. The first kappa shape index (κ1) is 29.2. The highest BCUT2D eigenvalue weighted by atomic mass is 127. The summed E-state index contributed by atoms with van der Waals surface area (Å²) in [6, 6.07) is 15.3. The number of rotatable bonds is 14. The Morgan fingerprint density at radius 2 is 1.68 bits per heavy atom. The molecule has 1 heterocycles. The van der Waals surface area contributed by atoms with Gasteiger partial charge in [0.1, 0.15) is 5.75 Å². The van der Waals surface area contributed by atoms with Crippen LogP contribution in [0.3, 0.4) is 0 Å². The summed E-state index contributed by atoms with van der Waals surface area (Å²) in [6.07, 6.45) is 5.11. The van der Waals surface area contributed by atoms with Gasteiger partial charge in [-0.3, -0.25) is 14.4 Å². The van der Waals surface area contributed by atoms with E-state index in [2.05, 4.69) is 37.9 Å². The summed E-state index contributed by atoms with van der Waals surface area (Å²) >= 11 is 2.24. The van der Waals surface area contributed by atoms with Gasteiger partial charge in [-0.1, -0.05) is 30.3 Å². The molecule has 0 aliphatic rings. The number of hydrogen-bond acceptors (Lipinski definition) is 5. The number of amides is 3. The zero-order valence-corrected chi connectivity index (χ0v) is 23.9. The van der Waals surface area contributed by atoms with E-state index in [1.165, 1.54) is 0 Å². The van der Waals surface area contributed by atoms with Gasteiger partial charge in [-0.15, -0.1) is 0 Å². The summed E-state index contributed by atoms with van der Waals surface area (Å²) in [5.41, 5.74) is 2.79. The fraction of sp³-hybridized carbons (Fsp3) is 0.357. The van der Waals surface area contributed by atoms with Crippen molar-refractivity contribution in [2.75, 3.05) is 40.3 Å². The lowest BCUT2D eigenvalue weighted by Gasteiger charge is -2.23. The Labute approximate surface area is 237 Å². The first-order chi connectivity index (χ1) is 18.3. The maximum Gasteiger partial charge on any atom is 0.257 e. The van der Waals surface area contributed by atoms with Crippen LogP contribution >= 0.6 is 22.6 Å². The second-order valence-electron chi connectivity index (χ2n) is 9.01. The lowest BCUT2D eigenvalue weighted by atomic mass is 10.1. The molecule has 0 aliphatic carbocycles. The van der Waals surface area contributed by atoms with E-state index in [-0.39, 0.29) is 24.3 Å². The molecule has 10 heteroatoms. The number of para-hydroxylation sites is 1. The molecule has 0 saturated carbocycles. The number of likely N-dealkylation sites (N-methyl/N-ethyl adjacent to an activating group) is 2. The zero-order chi connectivity index (χ0) is 27.3. The Bertz CT molecular complexity index is 1180. The third-order valence-electron chi connectivity index (χ3n) is 6.10. The van der Waals surface area contributed by atoms with Crippen molar-refractivity contribution in [3.63, 3.8) is 0 Å². The van der Waals surface area contributed by atoms with Gasteiger partial charge < -0.3 is 24.8 Å². The monoisotopic (exact) mass is 631 g/mol. The van der Waals surface area contributed by atoms with Gasteiger partial charge in [0, 0.05) is 62.0 Å². The number of aryl methyl sites for hydroxylation is 1. The van der Waals surface area contributed by atoms with Crippen LogP contribution in [-0.2, 0) is 33.6 Å². The Kier molecular flexibility index (Phi) is 11.6. The number of nitrogens with zero attached hydrogens (tertiary/aromatic N) is 3. The molecule has 9 nitrogen and oxygen atoms in total. The van der Waals surface area contributed by atoms with E-state index in [1.54, 1.807) is 42.5 Å². The Morgan fingerprint density at radius 1 is 0.974 bits per heavy atom. The third kappa shape index (κ3) is 9.81. The summed E-state index contributed by atoms with van der Waals surface area (Å²) in [5.74, 6) is 0.377. The van der Waals surface area contributed by atoms with Gasteiger partial charge in [0.05, 0.1) is 12.7 Å². The number of hydrogen-bond donors (Lipinski definition) is 2. The van der Waals surface area contributed by atoms with Gasteiger partial charge >= 0.3 is 0 Å². The fourth-order valence-corrected chi connectivity index (χ4v) is 4.06. The first-order valence-corrected chi connectivity index (χ1v) is 13.6. The highest BCUT2D eigenvalue weighted by Gasteiger charge is 2.15. The summed E-state index contributed by atoms with van der Waals surface area (Å²) in [4.78, 5) is 47.6. The van der Waals surface area contributed by atoms with Crippen LogP contribution in [-0.4, -0.2) is 77.8 Å². The molecule has 2 aromatic carbocycles. The average molecular weight is 632 g/mol. The van der Waals surface area contributed by atoms with E-state index in [0.29, 0.717) is 51.1 Å². The Balaban J connectivity index is 1.38. The summed E-state index contributed by atoms with van der Waals surface area (Å²) in [5, 5.41) is 2.82. The standard InChI is InChI=1S/C28H34IN5O4/c1-33(15-16-34(2)28(37)17-21-7-10-23(29)11-8-21)27(36)12-9-22-5-3-4-6-25(22)38-19-26(35)31-14-13-24-18-30-20-32-24/h3-8,10-11,18,20H,9,12-17,19H2,1-2H3,(H,30,32)(H,31,35). The summed E-state index contributed by atoms with van der Waals surface area (Å²) < 4.78 is 6.87. The average Bonchev–Trinajstić information content (AvgIpc) is 3.44. The minimum Gasteiger partial charge on any atom is -0.483 e. The molecule has 202 valence electrons. The van der Waals surface area contributed by atoms with E-state index in [0.717, 1.165) is 20.4 Å². The predicted molar refractivity (Wildman–Crippen MR) is 154 cm³/mol. The minimum absolute atomic E-state index is 0.0171. The van der Waals surface area contributed by atoms with Crippen molar-refractivity contribution < 1.29 is 19.1 Å². The number of ether oxygens (including phenoxy) is 1. The van der Waals surface area contributed by atoms with Crippen molar-refractivity contribution in [3.05, 3.63) is 81.4 Å². The molecule has 0 saturated heterocycles. The molecule has 3 rings (SSSR count). The van der Waals surface area contributed by atoms with E-state index >= 15 is 0 Å². The lowest BCUT2D eigenvalue weighted by molar-refractivity contribution is -0.133. The first-order valence-electron chi connectivity index (χ1n) is 12.5. The van der Waals surface area contributed by atoms with Crippen LogP contribution in [0.4, 0.5) is 0 Å². The minimum atomic E-state index is -0.212. The van der Waals surface area contributed by atoms with E-state index in [4.69, 9.17) is 4.74 Å². The van der Waals surface area contributed by atoms with Gasteiger partial charge in [-0.2, -0.15) is 0 Å². The summed E-state index contributed by atoms with van der Waals surface area (Å²) in [7, 11) is 3.50. The van der Waals surface area contributed by atoms with Crippen LogP contribution in [0, 0.1) is 3.57 Å². The molecule has 1 aromatic heterocycles. The third-order valence-corrected chi connectivity index (χ3v) is 6.82. The number of nitrogens with one attached hydrogen (secondary N) is 2. The van der Waals surface area contributed by atoms with Crippen LogP contribution in [0.2, 0.25) is 0 Å². The van der Waals surface area contributed by atoms with Gasteiger partial charge in [-0.25, -0.2) is 4.98 Å². The molecule has 0 spiro atoms. The molecule has 0 aliphatic heterocycles. The largest absolute Gasteiger partial charge is 0.483 e. The number of carbonyl (C=O) groups is 3. The topological polar surface area (TPSA) is 108 Å². The highest BCUT2D eigenvalue weighted by Crippen LogP contribution is 2.20. The molecule has 38 heavy (non-hydrogen) atoms. The smallest absolute Gasteiger partial charge is 0.257 e. The quantitative estimate of drug-likeness (QED) is 0.266. The molecule has 0 radical (unpaired) electrons. The maximum absolute atomic E-state index is 12.7. The van der Waals surface area contributed by atoms with Crippen molar-refractivity contribution in [2.45, 2.75) is 25.7 Å². The van der Waals surface area contributed by atoms with Crippen molar-refractivity contribution in [1.82, 2.24) is 25.1 Å². The Morgan fingerprint density at radius 3 is 2.39 bits per heavy atom. The number of benzene rings is 2. The molecule has 2 N–H and O–H groups in total.